The van der Waals surface area contributed by atoms with Crippen LogP contribution in [0, 0.1) is 25.2 Å². The SMILES string of the molecule is Cc1cc(C(=O)N2CCN(c3cc(C4CC4)c4c(c3C#N)CC(C)(C)OC4)C[C@H]2C)c(C)o1. The van der Waals surface area contributed by atoms with Gasteiger partial charge in [0.05, 0.1) is 29.0 Å². The molecule has 1 amide bonds. The van der Waals surface area contributed by atoms with Crippen LogP contribution in [-0.4, -0.2) is 42.1 Å². The Bertz CT molecular complexity index is 1150. The molecule has 0 spiro atoms. The topological polar surface area (TPSA) is 69.7 Å². The Hall–Kier alpha value is -2.78. The first-order valence-corrected chi connectivity index (χ1v) is 12.0. The Morgan fingerprint density at radius 1 is 1.18 bits per heavy atom. The van der Waals surface area contributed by atoms with Crippen molar-refractivity contribution < 1.29 is 13.9 Å². The predicted molar refractivity (Wildman–Crippen MR) is 127 cm³/mol. The van der Waals surface area contributed by atoms with E-state index in [0.29, 0.717) is 43.5 Å². The van der Waals surface area contributed by atoms with E-state index in [1.54, 1.807) is 0 Å². The largest absolute Gasteiger partial charge is 0.466 e. The van der Waals surface area contributed by atoms with Gasteiger partial charge in [-0.3, -0.25) is 4.79 Å². The molecule has 1 atom stereocenters. The molecule has 1 aliphatic carbocycles. The van der Waals surface area contributed by atoms with Gasteiger partial charge in [-0.15, -0.1) is 0 Å². The van der Waals surface area contributed by atoms with E-state index in [0.717, 1.165) is 23.4 Å². The molecular weight excluding hydrogens is 414 g/mol. The molecule has 0 unspecified atom stereocenters. The van der Waals surface area contributed by atoms with Crippen molar-refractivity contribution in [3.8, 4) is 6.07 Å². The molecule has 0 bridgehead atoms. The average Bonchev–Trinajstić information content (AvgIpc) is 3.54. The lowest BCUT2D eigenvalue weighted by Gasteiger charge is -2.42. The maximum atomic E-state index is 13.2. The molecule has 174 valence electrons. The molecule has 3 heterocycles. The van der Waals surface area contributed by atoms with Gasteiger partial charge in [-0.1, -0.05) is 0 Å². The van der Waals surface area contributed by atoms with E-state index < -0.39 is 0 Å². The lowest BCUT2D eigenvalue weighted by molar-refractivity contribution is -0.0405. The molecule has 0 radical (unpaired) electrons. The van der Waals surface area contributed by atoms with Gasteiger partial charge in [-0.2, -0.15) is 5.26 Å². The second-order valence-corrected chi connectivity index (χ2v) is 10.5. The second-order valence-electron chi connectivity index (χ2n) is 10.5. The molecule has 6 nitrogen and oxygen atoms in total. The molecule has 2 fully saturated rings. The molecule has 5 rings (SSSR count). The smallest absolute Gasteiger partial charge is 0.257 e. The summed E-state index contributed by atoms with van der Waals surface area (Å²) in [6.07, 6.45) is 3.18. The van der Waals surface area contributed by atoms with Crippen molar-refractivity contribution in [3.05, 3.63) is 51.5 Å². The van der Waals surface area contributed by atoms with Gasteiger partial charge in [0.25, 0.3) is 5.91 Å². The summed E-state index contributed by atoms with van der Waals surface area (Å²) in [4.78, 5) is 17.5. The van der Waals surface area contributed by atoms with Crippen molar-refractivity contribution in [3.63, 3.8) is 0 Å². The second kappa shape index (κ2) is 7.92. The summed E-state index contributed by atoms with van der Waals surface area (Å²) < 4.78 is 11.7. The van der Waals surface area contributed by atoms with Crippen LogP contribution in [-0.2, 0) is 17.8 Å². The van der Waals surface area contributed by atoms with E-state index in [1.807, 2.05) is 24.8 Å². The number of nitriles is 1. The molecule has 1 saturated carbocycles. The maximum Gasteiger partial charge on any atom is 0.257 e. The predicted octanol–water partition coefficient (Wildman–Crippen LogP) is 4.85. The highest BCUT2D eigenvalue weighted by atomic mass is 16.5. The number of fused-ring (bicyclic) bond motifs is 1. The van der Waals surface area contributed by atoms with E-state index >= 15 is 0 Å². The number of hydrogen-bond donors (Lipinski definition) is 0. The van der Waals surface area contributed by atoms with Crippen LogP contribution in [0.15, 0.2) is 16.5 Å². The van der Waals surface area contributed by atoms with Gasteiger partial charge in [0.15, 0.2) is 0 Å². The number of carbonyl (C=O) groups excluding carboxylic acids is 1. The number of benzene rings is 1. The Balaban J connectivity index is 1.46. The summed E-state index contributed by atoms with van der Waals surface area (Å²) in [6.45, 7) is 12.6. The summed E-state index contributed by atoms with van der Waals surface area (Å²) in [6, 6.07) is 6.66. The van der Waals surface area contributed by atoms with Crippen LogP contribution in [0.1, 0.15) is 83.7 Å². The summed E-state index contributed by atoms with van der Waals surface area (Å²) in [7, 11) is 0. The van der Waals surface area contributed by atoms with Crippen LogP contribution in [0.2, 0.25) is 0 Å². The zero-order chi connectivity index (χ0) is 23.5. The van der Waals surface area contributed by atoms with Gasteiger partial charge in [-0.05, 0) is 82.2 Å². The summed E-state index contributed by atoms with van der Waals surface area (Å²) in [5.41, 5.74) is 5.98. The van der Waals surface area contributed by atoms with E-state index in [-0.39, 0.29) is 17.6 Å². The van der Waals surface area contributed by atoms with Gasteiger partial charge in [0, 0.05) is 32.1 Å². The van der Waals surface area contributed by atoms with Crippen LogP contribution < -0.4 is 4.90 Å². The standard InChI is InChI=1S/C27H33N3O3/c1-16-14-29(8-9-30(16)26(31)20-10-17(2)33-18(20)3)25-11-21(19-6-7-19)24-15-32-27(4,5)12-22(24)23(25)13-28/h10-11,16,19H,6-9,12,14-15H2,1-5H3/t16-/m1/s1. The van der Waals surface area contributed by atoms with Gasteiger partial charge >= 0.3 is 0 Å². The van der Waals surface area contributed by atoms with Gasteiger partial charge in [-0.25, -0.2) is 0 Å². The first kappa shape index (κ1) is 22.0. The number of hydrogen-bond acceptors (Lipinski definition) is 5. The Morgan fingerprint density at radius 3 is 2.55 bits per heavy atom. The molecular formula is C27H33N3O3. The molecule has 0 N–H and O–H groups in total. The number of piperazine rings is 1. The number of carbonyl (C=O) groups is 1. The number of nitrogens with zero attached hydrogens (tertiary/aromatic N) is 3. The number of ether oxygens (including phenoxy) is 1. The summed E-state index contributed by atoms with van der Waals surface area (Å²) >= 11 is 0. The van der Waals surface area contributed by atoms with E-state index in [4.69, 9.17) is 9.15 Å². The van der Waals surface area contributed by atoms with Crippen molar-refractivity contribution in [2.24, 2.45) is 0 Å². The van der Waals surface area contributed by atoms with Crippen LogP contribution >= 0.6 is 0 Å². The van der Waals surface area contributed by atoms with Crippen molar-refractivity contribution in [1.29, 1.82) is 5.26 Å². The van der Waals surface area contributed by atoms with Gasteiger partial charge in [0.2, 0.25) is 0 Å². The molecule has 33 heavy (non-hydrogen) atoms. The normalized spacial score (nSPS) is 22.1. The third-order valence-electron chi connectivity index (χ3n) is 7.40. The number of rotatable bonds is 3. The number of furan rings is 1. The van der Waals surface area contributed by atoms with Crippen LogP contribution in [0.3, 0.4) is 0 Å². The summed E-state index contributed by atoms with van der Waals surface area (Å²) in [5, 5.41) is 10.2. The quantitative estimate of drug-likeness (QED) is 0.673. The molecule has 1 aromatic heterocycles. The molecule has 1 saturated heterocycles. The van der Waals surface area contributed by atoms with E-state index in [9.17, 15) is 10.1 Å². The third kappa shape index (κ3) is 3.93. The van der Waals surface area contributed by atoms with E-state index in [2.05, 4.69) is 37.8 Å². The lowest BCUT2D eigenvalue weighted by atomic mass is 9.84. The monoisotopic (exact) mass is 447 g/mol. The molecule has 3 aliphatic rings. The zero-order valence-electron chi connectivity index (χ0n) is 20.3. The number of amides is 1. The van der Waals surface area contributed by atoms with Crippen molar-refractivity contribution in [2.75, 3.05) is 24.5 Å². The number of anilines is 1. The fourth-order valence-electron chi connectivity index (χ4n) is 5.50. The highest BCUT2D eigenvalue weighted by Crippen LogP contribution is 2.47. The van der Waals surface area contributed by atoms with Crippen molar-refractivity contribution in [1.82, 2.24) is 4.90 Å². The van der Waals surface area contributed by atoms with Crippen molar-refractivity contribution >= 4 is 11.6 Å². The molecule has 1 aromatic carbocycles. The average molecular weight is 448 g/mol. The minimum Gasteiger partial charge on any atom is -0.466 e. The molecule has 2 aliphatic heterocycles. The first-order chi connectivity index (χ1) is 15.7. The minimum atomic E-state index is -0.267. The highest BCUT2D eigenvalue weighted by Gasteiger charge is 2.37. The zero-order valence-corrected chi connectivity index (χ0v) is 20.3. The van der Waals surface area contributed by atoms with Gasteiger partial charge < -0.3 is 19.0 Å². The minimum absolute atomic E-state index is 0.0278. The number of aryl methyl sites for hydroxylation is 2. The Kier molecular flexibility index (Phi) is 5.29. The van der Waals surface area contributed by atoms with Crippen LogP contribution in [0.4, 0.5) is 5.69 Å². The van der Waals surface area contributed by atoms with Crippen LogP contribution in [0.5, 0.6) is 0 Å². The Labute approximate surface area is 196 Å². The maximum absolute atomic E-state index is 13.2. The lowest BCUT2D eigenvalue weighted by Crippen LogP contribution is -2.54. The van der Waals surface area contributed by atoms with Crippen LogP contribution in [0.25, 0.3) is 0 Å². The van der Waals surface area contributed by atoms with Crippen molar-refractivity contribution in [2.45, 2.75) is 78.0 Å². The molecule has 6 heteroatoms. The summed E-state index contributed by atoms with van der Waals surface area (Å²) in [5.74, 6) is 2.05. The highest BCUT2D eigenvalue weighted by molar-refractivity contribution is 5.95. The van der Waals surface area contributed by atoms with Gasteiger partial charge in [0.1, 0.15) is 17.6 Å². The fourth-order valence-corrected chi connectivity index (χ4v) is 5.50. The third-order valence-corrected chi connectivity index (χ3v) is 7.40. The fraction of sp³-hybridized carbons (Fsp3) is 0.556. The first-order valence-electron chi connectivity index (χ1n) is 12.0. The van der Waals surface area contributed by atoms with E-state index in [1.165, 1.54) is 29.5 Å². The molecule has 2 aromatic rings. The Morgan fingerprint density at radius 2 is 1.94 bits per heavy atom.